The number of ether oxygens (including phenoxy) is 1. The molecule has 0 spiro atoms. The van der Waals surface area contributed by atoms with Gasteiger partial charge < -0.3 is 14.5 Å². The average Bonchev–Trinajstić information content (AvgIpc) is 3.14. The summed E-state index contributed by atoms with van der Waals surface area (Å²) in [4.78, 5) is 16.1. The van der Waals surface area contributed by atoms with Crippen LogP contribution in [0.1, 0.15) is 30.8 Å². The summed E-state index contributed by atoms with van der Waals surface area (Å²) in [7, 11) is 1.37. The van der Waals surface area contributed by atoms with E-state index in [2.05, 4.69) is 10.3 Å². The fourth-order valence-electron chi connectivity index (χ4n) is 2.84. The number of hydrogen-bond acceptors (Lipinski definition) is 4. The third kappa shape index (κ3) is 4.77. The second-order valence-corrected chi connectivity index (χ2v) is 6.40. The molecule has 1 N–H and O–H groups in total. The number of benzene rings is 2. The van der Waals surface area contributed by atoms with E-state index < -0.39 is 23.5 Å². The normalized spacial score (nSPS) is 11.9. The van der Waals surface area contributed by atoms with E-state index in [-0.39, 0.29) is 41.7 Å². The predicted molar refractivity (Wildman–Crippen MR) is 99.7 cm³/mol. The topological polar surface area (TPSA) is 64.4 Å². The molecular formula is C21H19F3N2O3. The van der Waals surface area contributed by atoms with Crippen molar-refractivity contribution in [3.63, 3.8) is 0 Å². The molecule has 0 saturated carbocycles. The van der Waals surface area contributed by atoms with Crippen LogP contribution in [0.2, 0.25) is 0 Å². The number of aryl methyl sites for hydroxylation is 1. The Hall–Kier alpha value is -3.29. The van der Waals surface area contributed by atoms with Crippen molar-refractivity contribution in [2.45, 2.75) is 25.8 Å². The van der Waals surface area contributed by atoms with E-state index in [1.54, 1.807) is 13.0 Å². The monoisotopic (exact) mass is 404 g/mol. The zero-order valence-electron chi connectivity index (χ0n) is 15.8. The number of carbonyl (C=O) groups excluding carboxylic acids is 1. The molecule has 8 heteroatoms. The summed E-state index contributed by atoms with van der Waals surface area (Å²) >= 11 is 0. The van der Waals surface area contributed by atoms with Crippen LogP contribution in [0.3, 0.4) is 0 Å². The van der Waals surface area contributed by atoms with Gasteiger partial charge in [0, 0.05) is 12.8 Å². The van der Waals surface area contributed by atoms with Crippen LogP contribution >= 0.6 is 0 Å². The zero-order valence-corrected chi connectivity index (χ0v) is 15.8. The molecule has 1 atom stereocenters. The summed E-state index contributed by atoms with van der Waals surface area (Å²) in [5, 5.41) is 2.75. The number of aromatic nitrogens is 1. The van der Waals surface area contributed by atoms with Gasteiger partial charge in [-0.2, -0.15) is 0 Å². The van der Waals surface area contributed by atoms with E-state index in [0.717, 1.165) is 12.1 Å². The second-order valence-electron chi connectivity index (χ2n) is 6.40. The second kappa shape index (κ2) is 8.81. The standard InChI is InChI=1S/C21H19F3N2O3/c1-12(13-6-7-17(28-2)16(24)10-13)26-19(27)8-9-20-25-11-18(29-20)21-14(22)4-3-5-15(21)23/h3-7,10-12H,8-9H2,1-2H3,(H,26,27)/t12-/m0/s1. The fraction of sp³-hybridized carbons (Fsp3) is 0.238. The van der Waals surface area contributed by atoms with Crippen molar-refractivity contribution in [1.29, 1.82) is 0 Å². The molecule has 0 bridgehead atoms. The molecule has 0 aliphatic carbocycles. The number of carbonyl (C=O) groups is 1. The average molecular weight is 404 g/mol. The molecule has 0 saturated heterocycles. The molecule has 5 nitrogen and oxygen atoms in total. The van der Waals surface area contributed by atoms with Gasteiger partial charge in [-0.25, -0.2) is 18.2 Å². The molecule has 1 amide bonds. The van der Waals surface area contributed by atoms with Crippen LogP contribution in [0.5, 0.6) is 5.75 Å². The molecule has 3 aromatic rings. The number of oxazole rings is 1. The van der Waals surface area contributed by atoms with Crippen LogP contribution in [0.4, 0.5) is 13.2 Å². The van der Waals surface area contributed by atoms with Crippen LogP contribution in [-0.4, -0.2) is 18.0 Å². The Morgan fingerprint density at radius 1 is 1.17 bits per heavy atom. The van der Waals surface area contributed by atoms with Gasteiger partial charge in [0.05, 0.1) is 24.9 Å². The Kier molecular flexibility index (Phi) is 6.21. The molecule has 0 aliphatic rings. The van der Waals surface area contributed by atoms with E-state index in [1.165, 1.54) is 31.5 Å². The van der Waals surface area contributed by atoms with E-state index in [0.29, 0.717) is 5.56 Å². The minimum Gasteiger partial charge on any atom is -0.494 e. The Labute approximate surface area is 165 Å². The van der Waals surface area contributed by atoms with Crippen LogP contribution in [-0.2, 0) is 11.2 Å². The van der Waals surface area contributed by atoms with Crippen LogP contribution in [0, 0.1) is 17.5 Å². The van der Waals surface area contributed by atoms with Crippen molar-refractivity contribution in [2.24, 2.45) is 0 Å². The SMILES string of the molecule is COc1ccc([C@H](C)NC(=O)CCc2ncc(-c3c(F)cccc3F)o2)cc1F. The molecule has 3 rings (SSSR count). The van der Waals surface area contributed by atoms with Crippen LogP contribution < -0.4 is 10.1 Å². The molecule has 152 valence electrons. The minimum atomic E-state index is -0.758. The lowest BCUT2D eigenvalue weighted by Crippen LogP contribution is -2.26. The first-order valence-electron chi connectivity index (χ1n) is 8.91. The third-order valence-electron chi connectivity index (χ3n) is 4.38. The first-order chi connectivity index (χ1) is 13.9. The maximum Gasteiger partial charge on any atom is 0.220 e. The van der Waals surface area contributed by atoms with Crippen molar-refractivity contribution in [1.82, 2.24) is 10.3 Å². The molecule has 1 heterocycles. The molecule has 0 fully saturated rings. The highest BCUT2D eigenvalue weighted by Crippen LogP contribution is 2.27. The summed E-state index contributed by atoms with van der Waals surface area (Å²) in [6, 6.07) is 7.53. The lowest BCUT2D eigenvalue weighted by atomic mass is 10.1. The van der Waals surface area contributed by atoms with E-state index in [4.69, 9.17) is 9.15 Å². The first-order valence-corrected chi connectivity index (χ1v) is 8.91. The molecule has 0 radical (unpaired) electrons. The number of halogens is 3. The lowest BCUT2D eigenvalue weighted by Gasteiger charge is -2.15. The Morgan fingerprint density at radius 2 is 1.90 bits per heavy atom. The number of nitrogens with zero attached hydrogens (tertiary/aromatic N) is 1. The number of hydrogen-bond donors (Lipinski definition) is 1. The van der Waals surface area contributed by atoms with Crippen LogP contribution in [0.15, 0.2) is 47.0 Å². The van der Waals surface area contributed by atoms with Gasteiger partial charge in [-0.3, -0.25) is 4.79 Å². The van der Waals surface area contributed by atoms with E-state index in [9.17, 15) is 18.0 Å². The molecule has 0 aliphatic heterocycles. The van der Waals surface area contributed by atoms with E-state index >= 15 is 0 Å². The molecule has 1 aromatic heterocycles. The predicted octanol–water partition coefficient (Wildman–Crippen LogP) is 4.58. The fourth-order valence-corrected chi connectivity index (χ4v) is 2.84. The highest BCUT2D eigenvalue weighted by molar-refractivity contribution is 5.76. The Bertz CT molecular complexity index is 1000. The summed E-state index contributed by atoms with van der Waals surface area (Å²) < 4.78 is 51.7. The van der Waals surface area contributed by atoms with Crippen molar-refractivity contribution >= 4 is 5.91 Å². The van der Waals surface area contributed by atoms with Gasteiger partial charge in [0.2, 0.25) is 5.91 Å². The lowest BCUT2D eigenvalue weighted by molar-refractivity contribution is -0.121. The van der Waals surface area contributed by atoms with Crippen molar-refractivity contribution in [3.8, 4) is 17.1 Å². The quantitative estimate of drug-likeness (QED) is 0.626. The van der Waals surface area contributed by atoms with Crippen molar-refractivity contribution < 1.29 is 27.1 Å². The number of rotatable bonds is 7. The number of amides is 1. The van der Waals surface area contributed by atoms with Gasteiger partial charge in [-0.15, -0.1) is 0 Å². The Balaban J connectivity index is 1.59. The van der Waals surface area contributed by atoms with Crippen molar-refractivity contribution in [3.05, 3.63) is 71.5 Å². The smallest absolute Gasteiger partial charge is 0.220 e. The molecular weight excluding hydrogens is 385 g/mol. The van der Waals surface area contributed by atoms with Gasteiger partial charge in [-0.1, -0.05) is 12.1 Å². The number of nitrogens with one attached hydrogen (secondary N) is 1. The summed E-state index contributed by atoms with van der Waals surface area (Å²) in [6.45, 7) is 1.73. The maximum atomic E-state index is 13.8. The summed E-state index contributed by atoms with van der Waals surface area (Å²) in [5.41, 5.74) is 0.288. The Morgan fingerprint density at radius 3 is 2.55 bits per heavy atom. The maximum absolute atomic E-state index is 13.8. The van der Waals surface area contributed by atoms with Gasteiger partial charge >= 0.3 is 0 Å². The highest BCUT2D eigenvalue weighted by Gasteiger charge is 2.17. The molecule has 0 unspecified atom stereocenters. The summed E-state index contributed by atoms with van der Waals surface area (Å²) in [6.07, 6.45) is 1.41. The third-order valence-corrected chi connectivity index (χ3v) is 4.38. The molecule has 2 aromatic carbocycles. The van der Waals surface area contributed by atoms with Gasteiger partial charge in [0.1, 0.15) is 11.6 Å². The first kappa shape index (κ1) is 20.4. The highest BCUT2D eigenvalue weighted by atomic mass is 19.1. The largest absolute Gasteiger partial charge is 0.494 e. The van der Waals surface area contributed by atoms with Gasteiger partial charge in [-0.05, 0) is 36.8 Å². The summed E-state index contributed by atoms with van der Waals surface area (Å²) in [5.74, 6) is -2.07. The zero-order chi connectivity index (χ0) is 21.0. The number of methoxy groups -OCH3 is 1. The van der Waals surface area contributed by atoms with E-state index in [1.807, 2.05) is 0 Å². The minimum absolute atomic E-state index is 0.0434. The molecule has 29 heavy (non-hydrogen) atoms. The van der Waals surface area contributed by atoms with Gasteiger partial charge in [0.15, 0.2) is 23.2 Å². The van der Waals surface area contributed by atoms with Crippen LogP contribution in [0.25, 0.3) is 11.3 Å². The van der Waals surface area contributed by atoms with Gasteiger partial charge in [0.25, 0.3) is 0 Å². The van der Waals surface area contributed by atoms with Crippen molar-refractivity contribution in [2.75, 3.05) is 7.11 Å².